The van der Waals surface area contributed by atoms with E-state index in [2.05, 4.69) is 5.32 Å². The van der Waals surface area contributed by atoms with Crippen LogP contribution in [0.3, 0.4) is 0 Å². The zero-order chi connectivity index (χ0) is 19.5. The van der Waals surface area contributed by atoms with Gasteiger partial charge < -0.3 is 25.4 Å². The summed E-state index contributed by atoms with van der Waals surface area (Å²) in [4.78, 5) is 14.3. The molecule has 2 fully saturated rings. The van der Waals surface area contributed by atoms with Crippen molar-refractivity contribution in [3.8, 4) is 11.5 Å². The Bertz CT molecular complexity index is 831. The summed E-state index contributed by atoms with van der Waals surface area (Å²) in [6.07, 6.45) is 4.84. The van der Waals surface area contributed by atoms with Crippen molar-refractivity contribution in [2.75, 3.05) is 19.4 Å². The highest BCUT2D eigenvalue weighted by atomic mass is 16.5. The summed E-state index contributed by atoms with van der Waals surface area (Å²) in [6, 6.07) is 13.5. The van der Waals surface area contributed by atoms with Gasteiger partial charge in [0.2, 0.25) is 0 Å². The number of urea groups is 1. The Morgan fingerprint density at radius 2 is 1.86 bits per heavy atom. The van der Waals surface area contributed by atoms with E-state index in [1.54, 1.807) is 7.11 Å². The first-order chi connectivity index (χ1) is 13.6. The number of methoxy groups -OCH3 is 1. The third kappa shape index (κ3) is 3.86. The summed E-state index contributed by atoms with van der Waals surface area (Å²) < 4.78 is 11.7. The van der Waals surface area contributed by atoms with Crippen LogP contribution in [0.15, 0.2) is 42.5 Å². The van der Waals surface area contributed by atoms with Crippen LogP contribution in [0.4, 0.5) is 10.5 Å². The number of nitrogens with zero attached hydrogens (tertiary/aromatic N) is 1. The van der Waals surface area contributed by atoms with E-state index in [4.69, 9.17) is 15.2 Å². The molecule has 4 rings (SSSR count). The van der Waals surface area contributed by atoms with Gasteiger partial charge in [-0.1, -0.05) is 18.2 Å². The maximum atomic E-state index is 12.5. The highest BCUT2D eigenvalue weighted by Crippen LogP contribution is 2.36. The first kappa shape index (κ1) is 18.5. The predicted molar refractivity (Wildman–Crippen MR) is 108 cm³/mol. The van der Waals surface area contributed by atoms with Crippen LogP contribution in [0.5, 0.6) is 11.5 Å². The van der Waals surface area contributed by atoms with E-state index in [1.165, 1.54) is 12.8 Å². The minimum absolute atomic E-state index is 0.0538. The molecule has 6 nitrogen and oxygen atoms in total. The van der Waals surface area contributed by atoms with Crippen LogP contribution in [0.1, 0.15) is 42.9 Å². The maximum absolute atomic E-state index is 12.5. The van der Waals surface area contributed by atoms with Crippen LogP contribution in [0.2, 0.25) is 0 Å². The molecule has 28 heavy (non-hydrogen) atoms. The van der Waals surface area contributed by atoms with Gasteiger partial charge in [0.15, 0.2) is 11.5 Å². The van der Waals surface area contributed by atoms with Gasteiger partial charge in [-0.3, -0.25) is 0 Å². The second kappa shape index (κ2) is 8.00. The van der Waals surface area contributed by atoms with Gasteiger partial charge in [-0.05, 0) is 61.1 Å². The first-order valence-electron chi connectivity index (χ1n) is 9.87. The van der Waals surface area contributed by atoms with Crippen molar-refractivity contribution >= 4 is 11.7 Å². The molecule has 1 saturated heterocycles. The quantitative estimate of drug-likeness (QED) is 0.745. The number of nitrogen functional groups attached to an aromatic ring is 1. The number of carbonyl (C=O) groups is 1. The molecule has 2 aliphatic rings. The number of nitrogens with two attached hydrogens (primary N) is 1. The fourth-order valence-electron chi connectivity index (χ4n) is 4.02. The van der Waals surface area contributed by atoms with Crippen LogP contribution in [-0.2, 0) is 6.54 Å². The lowest BCUT2D eigenvalue weighted by molar-refractivity contribution is 0.196. The first-order valence-corrected chi connectivity index (χ1v) is 9.87. The van der Waals surface area contributed by atoms with Crippen molar-refractivity contribution in [1.82, 2.24) is 10.2 Å². The lowest BCUT2D eigenvalue weighted by Crippen LogP contribution is -2.29. The van der Waals surface area contributed by atoms with Gasteiger partial charge in [0, 0.05) is 18.8 Å². The molecule has 3 N–H and O–H groups in total. The van der Waals surface area contributed by atoms with E-state index in [-0.39, 0.29) is 18.2 Å². The van der Waals surface area contributed by atoms with E-state index in [0.29, 0.717) is 13.1 Å². The largest absolute Gasteiger partial charge is 0.493 e. The molecule has 2 amide bonds. The fourth-order valence-corrected chi connectivity index (χ4v) is 4.02. The molecule has 0 unspecified atom stereocenters. The Balaban J connectivity index is 1.57. The minimum Gasteiger partial charge on any atom is -0.493 e. The van der Waals surface area contributed by atoms with Gasteiger partial charge in [-0.2, -0.15) is 0 Å². The second-order valence-electron chi connectivity index (χ2n) is 7.51. The Morgan fingerprint density at radius 1 is 1.11 bits per heavy atom. The van der Waals surface area contributed by atoms with Crippen molar-refractivity contribution in [3.05, 3.63) is 53.6 Å². The molecular weight excluding hydrogens is 354 g/mol. The van der Waals surface area contributed by atoms with Gasteiger partial charge >= 0.3 is 6.03 Å². The maximum Gasteiger partial charge on any atom is 0.318 e. The monoisotopic (exact) mass is 381 g/mol. The van der Waals surface area contributed by atoms with E-state index in [9.17, 15) is 4.79 Å². The second-order valence-corrected chi connectivity index (χ2v) is 7.51. The zero-order valence-corrected chi connectivity index (χ0v) is 16.2. The molecule has 6 heteroatoms. The molecule has 1 aliphatic carbocycles. The lowest BCUT2D eigenvalue weighted by atomic mass is 10.0. The van der Waals surface area contributed by atoms with Crippen LogP contribution in [-0.4, -0.2) is 30.7 Å². The Hall–Kier alpha value is -2.89. The number of carbonyl (C=O) groups excluding carboxylic acids is 1. The summed E-state index contributed by atoms with van der Waals surface area (Å²) in [7, 11) is 1.66. The SMILES string of the molecule is COc1ccc([C@@H]2CNC(=O)N2Cc2ccc(N)cc2)cc1OC1CCCC1. The van der Waals surface area contributed by atoms with Crippen molar-refractivity contribution in [3.63, 3.8) is 0 Å². The number of ether oxygens (including phenoxy) is 2. The third-order valence-corrected chi connectivity index (χ3v) is 5.58. The van der Waals surface area contributed by atoms with Crippen molar-refractivity contribution in [1.29, 1.82) is 0 Å². The molecule has 1 atom stereocenters. The minimum atomic E-state index is -0.0593. The number of anilines is 1. The van der Waals surface area contributed by atoms with Gasteiger partial charge in [-0.15, -0.1) is 0 Å². The normalized spacial score (nSPS) is 19.7. The average molecular weight is 381 g/mol. The van der Waals surface area contributed by atoms with Crippen LogP contribution in [0, 0.1) is 0 Å². The molecule has 0 bridgehead atoms. The summed E-state index contributed by atoms with van der Waals surface area (Å²) in [5.41, 5.74) is 8.58. The topological polar surface area (TPSA) is 76.8 Å². The van der Waals surface area contributed by atoms with Crippen molar-refractivity contribution < 1.29 is 14.3 Å². The molecule has 2 aromatic carbocycles. The van der Waals surface area contributed by atoms with E-state index >= 15 is 0 Å². The van der Waals surface area contributed by atoms with Crippen LogP contribution >= 0.6 is 0 Å². The standard InChI is InChI=1S/C22H27N3O3/c1-27-20-11-8-16(12-21(20)28-18-4-2-3-5-18)19-13-24-22(26)25(19)14-15-6-9-17(23)10-7-15/h6-12,18-19H,2-5,13-14,23H2,1H3,(H,24,26)/t19-/m0/s1. The number of hydrogen-bond donors (Lipinski definition) is 2. The molecule has 0 spiro atoms. The molecule has 0 radical (unpaired) electrons. The Kier molecular flexibility index (Phi) is 5.28. The highest BCUT2D eigenvalue weighted by Gasteiger charge is 2.32. The van der Waals surface area contributed by atoms with Gasteiger partial charge in [0.1, 0.15) is 0 Å². The Morgan fingerprint density at radius 3 is 2.57 bits per heavy atom. The zero-order valence-electron chi connectivity index (χ0n) is 16.2. The van der Waals surface area contributed by atoms with Gasteiger partial charge in [0.05, 0.1) is 19.3 Å². The van der Waals surface area contributed by atoms with Crippen molar-refractivity contribution in [2.24, 2.45) is 0 Å². The summed E-state index contributed by atoms with van der Waals surface area (Å²) >= 11 is 0. The molecule has 1 saturated carbocycles. The number of rotatable bonds is 6. The Labute approximate surface area is 165 Å². The van der Waals surface area contributed by atoms with Crippen molar-refractivity contribution in [2.45, 2.75) is 44.4 Å². The molecule has 0 aromatic heterocycles. The predicted octanol–water partition coefficient (Wildman–Crippen LogP) is 3.87. The summed E-state index contributed by atoms with van der Waals surface area (Å²) in [5.74, 6) is 1.50. The summed E-state index contributed by atoms with van der Waals surface area (Å²) in [6.45, 7) is 1.10. The van der Waals surface area contributed by atoms with Crippen LogP contribution in [0.25, 0.3) is 0 Å². The lowest BCUT2D eigenvalue weighted by Gasteiger charge is -2.25. The summed E-state index contributed by atoms with van der Waals surface area (Å²) in [5, 5.41) is 2.96. The number of hydrogen-bond acceptors (Lipinski definition) is 4. The fraction of sp³-hybridized carbons (Fsp3) is 0.409. The van der Waals surface area contributed by atoms with E-state index in [1.807, 2.05) is 47.4 Å². The number of benzene rings is 2. The smallest absolute Gasteiger partial charge is 0.318 e. The third-order valence-electron chi connectivity index (χ3n) is 5.58. The van der Waals surface area contributed by atoms with E-state index in [0.717, 1.165) is 41.2 Å². The molecule has 2 aromatic rings. The molecular formula is C22H27N3O3. The van der Waals surface area contributed by atoms with Gasteiger partial charge in [-0.25, -0.2) is 4.79 Å². The molecule has 1 aliphatic heterocycles. The molecule has 1 heterocycles. The average Bonchev–Trinajstić information content (AvgIpc) is 3.34. The highest BCUT2D eigenvalue weighted by molar-refractivity contribution is 5.77. The van der Waals surface area contributed by atoms with Gasteiger partial charge in [0.25, 0.3) is 0 Å². The van der Waals surface area contributed by atoms with Crippen LogP contribution < -0.4 is 20.5 Å². The number of amides is 2. The van der Waals surface area contributed by atoms with E-state index < -0.39 is 0 Å². The number of nitrogens with one attached hydrogen (secondary N) is 1. The molecule has 148 valence electrons.